The van der Waals surface area contributed by atoms with Crippen molar-refractivity contribution in [2.45, 2.75) is 6.18 Å². The molecule has 0 unspecified atom stereocenters. The summed E-state index contributed by atoms with van der Waals surface area (Å²) >= 11 is 0. The number of amides is 1. The lowest BCUT2D eigenvalue weighted by molar-refractivity contribution is -0.137. The zero-order valence-corrected chi connectivity index (χ0v) is 18.1. The molecule has 0 bridgehead atoms. The van der Waals surface area contributed by atoms with Gasteiger partial charge in [-0.05, 0) is 42.0 Å². The zero-order chi connectivity index (χ0) is 23.8. The molecule has 4 rings (SSSR count). The molecule has 0 spiro atoms. The van der Waals surface area contributed by atoms with Gasteiger partial charge < -0.3 is 19.9 Å². The quantitative estimate of drug-likeness (QED) is 0.406. The van der Waals surface area contributed by atoms with Crippen molar-refractivity contribution in [1.29, 1.82) is 0 Å². The van der Waals surface area contributed by atoms with Gasteiger partial charge in [-0.15, -0.1) is 0 Å². The van der Waals surface area contributed by atoms with E-state index >= 15 is 0 Å². The number of aromatic amines is 1. The number of alkyl halides is 3. The smallest absolute Gasteiger partial charge is 0.416 e. The average Bonchev–Trinajstić information content (AvgIpc) is 3.23. The molecule has 33 heavy (non-hydrogen) atoms. The van der Waals surface area contributed by atoms with Crippen molar-refractivity contribution in [2.24, 2.45) is 0 Å². The lowest BCUT2D eigenvalue weighted by Crippen LogP contribution is -2.21. The van der Waals surface area contributed by atoms with Crippen LogP contribution >= 0.6 is 0 Å². The number of methoxy groups -OCH3 is 1. The van der Waals surface area contributed by atoms with E-state index in [1.807, 2.05) is 18.2 Å². The SMILES string of the molecule is COc1cc(Nc2nccc3[nH]c(-c4ccc(C(=O)N(C)C)cc4)cc23)cc(C(F)(F)F)c1. The molecule has 0 saturated heterocycles. The number of carbonyl (C=O) groups excluding carboxylic acids is 1. The summed E-state index contributed by atoms with van der Waals surface area (Å²) in [6.07, 6.45) is -2.94. The first-order valence-electron chi connectivity index (χ1n) is 9.99. The van der Waals surface area contributed by atoms with Gasteiger partial charge in [-0.1, -0.05) is 12.1 Å². The molecule has 0 atom stereocenters. The van der Waals surface area contributed by atoms with Crippen molar-refractivity contribution in [3.8, 4) is 17.0 Å². The number of benzene rings is 2. The first-order chi connectivity index (χ1) is 15.7. The molecule has 4 aromatic rings. The topological polar surface area (TPSA) is 70.2 Å². The maximum Gasteiger partial charge on any atom is 0.416 e. The van der Waals surface area contributed by atoms with Crippen molar-refractivity contribution in [2.75, 3.05) is 26.5 Å². The molecule has 0 aliphatic rings. The third-order valence-electron chi connectivity index (χ3n) is 5.13. The molecule has 0 radical (unpaired) electrons. The van der Waals surface area contributed by atoms with Gasteiger partial charge in [-0.2, -0.15) is 13.2 Å². The predicted molar refractivity (Wildman–Crippen MR) is 121 cm³/mol. The summed E-state index contributed by atoms with van der Waals surface area (Å²) in [5.74, 6) is 0.391. The molecule has 6 nitrogen and oxygen atoms in total. The molecule has 170 valence electrons. The van der Waals surface area contributed by atoms with Gasteiger partial charge in [0.05, 0.1) is 18.2 Å². The molecule has 0 saturated carbocycles. The molecular formula is C24H21F3N4O2. The number of carbonyl (C=O) groups is 1. The number of halogens is 3. The number of hydrogen-bond donors (Lipinski definition) is 2. The second-order valence-corrected chi connectivity index (χ2v) is 7.65. The van der Waals surface area contributed by atoms with Crippen LogP contribution in [0.2, 0.25) is 0 Å². The van der Waals surface area contributed by atoms with Gasteiger partial charge in [0.2, 0.25) is 0 Å². The van der Waals surface area contributed by atoms with Crippen LogP contribution in [0.15, 0.2) is 60.8 Å². The summed E-state index contributed by atoms with van der Waals surface area (Å²) in [5, 5.41) is 3.68. The molecule has 1 amide bonds. The van der Waals surface area contributed by atoms with Gasteiger partial charge in [0.15, 0.2) is 0 Å². The number of nitrogens with zero attached hydrogens (tertiary/aromatic N) is 2. The molecule has 2 aromatic carbocycles. The van der Waals surface area contributed by atoms with Gasteiger partial charge >= 0.3 is 6.18 Å². The summed E-state index contributed by atoms with van der Waals surface area (Å²) in [4.78, 5) is 21.2. The number of aromatic nitrogens is 2. The van der Waals surface area contributed by atoms with Crippen LogP contribution in [0, 0.1) is 0 Å². The highest BCUT2D eigenvalue weighted by Crippen LogP contribution is 2.36. The number of ether oxygens (including phenoxy) is 1. The van der Waals surface area contributed by atoms with Gasteiger partial charge in [-0.3, -0.25) is 4.79 Å². The van der Waals surface area contributed by atoms with Crippen LogP contribution < -0.4 is 10.1 Å². The largest absolute Gasteiger partial charge is 0.497 e. The molecule has 0 aliphatic heterocycles. The molecule has 0 fully saturated rings. The molecule has 2 N–H and O–H groups in total. The normalized spacial score (nSPS) is 11.5. The molecule has 0 aliphatic carbocycles. The average molecular weight is 454 g/mol. The maximum absolute atomic E-state index is 13.3. The van der Waals surface area contributed by atoms with Crippen molar-refractivity contribution in [3.63, 3.8) is 0 Å². The van der Waals surface area contributed by atoms with Crippen LogP contribution in [0.25, 0.3) is 22.2 Å². The zero-order valence-electron chi connectivity index (χ0n) is 18.1. The summed E-state index contributed by atoms with van der Waals surface area (Å²) in [6, 6.07) is 14.2. The fourth-order valence-electron chi connectivity index (χ4n) is 3.45. The number of pyridine rings is 1. The minimum Gasteiger partial charge on any atom is -0.497 e. The summed E-state index contributed by atoms with van der Waals surface area (Å²) in [7, 11) is 4.69. The highest BCUT2D eigenvalue weighted by molar-refractivity contribution is 5.96. The Labute approximate surface area is 188 Å². The Morgan fingerprint density at radius 3 is 2.42 bits per heavy atom. The number of nitrogens with one attached hydrogen (secondary N) is 2. The van der Waals surface area contributed by atoms with E-state index in [9.17, 15) is 18.0 Å². The monoisotopic (exact) mass is 454 g/mol. The summed E-state index contributed by atoms with van der Waals surface area (Å²) in [6.45, 7) is 0. The second-order valence-electron chi connectivity index (χ2n) is 7.65. The van der Waals surface area contributed by atoms with Gasteiger partial charge in [-0.25, -0.2) is 4.98 Å². The van der Waals surface area contributed by atoms with Gasteiger partial charge in [0.1, 0.15) is 11.6 Å². The van der Waals surface area contributed by atoms with Crippen molar-refractivity contribution < 1.29 is 22.7 Å². The standard InChI is InChI=1S/C24H21F3N4O2/c1-31(2)23(32)15-6-4-14(5-7-15)21-13-19-20(30-21)8-9-28-22(19)29-17-10-16(24(25,26)27)11-18(12-17)33-3/h4-13,30H,1-3H3,(H,28,29). The second kappa shape index (κ2) is 8.50. The minimum atomic E-state index is -4.51. The molecule has 2 aromatic heterocycles. The Morgan fingerprint density at radius 2 is 1.79 bits per heavy atom. The Morgan fingerprint density at radius 1 is 1.06 bits per heavy atom. The third-order valence-corrected chi connectivity index (χ3v) is 5.13. The minimum absolute atomic E-state index is 0.0848. The van der Waals surface area contributed by atoms with E-state index in [1.54, 1.807) is 38.5 Å². The Bertz CT molecular complexity index is 1310. The number of fused-ring (bicyclic) bond motifs is 1. The fourth-order valence-corrected chi connectivity index (χ4v) is 3.45. The molecular weight excluding hydrogens is 433 g/mol. The van der Waals surface area contributed by atoms with E-state index in [1.165, 1.54) is 18.1 Å². The molecule has 9 heteroatoms. The van der Waals surface area contributed by atoms with Crippen LogP contribution in [-0.2, 0) is 6.18 Å². The highest BCUT2D eigenvalue weighted by atomic mass is 19.4. The van der Waals surface area contributed by atoms with E-state index in [4.69, 9.17) is 4.74 Å². The van der Waals surface area contributed by atoms with Crippen molar-refractivity contribution >= 4 is 28.3 Å². The Balaban J connectivity index is 1.68. The number of anilines is 2. The number of hydrogen-bond acceptors (Lipinski definition) is 4. The number of H-pyrrole nitrogens is 1. The maximum atomic E-state index is 13.3. The first kappa shape index (κ1) is 22.2. The van der Waals surface area contributed by atoms with Crippen molar-refractivity contribution in [3.05, 3.63) is 71.9 Å². The van der Waals surface area contributed by atoms with Crippen LogP contribution in [0.1, 0.15) is 15.9 Å². The van der Waals surface area contributed by atoms with E-state index in [2.05, 4.69) is 15.3 Å². The van der Waals surface area contributed by atoms with Crippen LogP contribution in [0.5, 0.6) is 5.75 Å². The fraction of sp³-hybridized carbons (Fsp3) is 0.167. The van der Waals surface area contributed by atoms with E-state index in [0.29, 0.717) is 16.8 Å². The van der Waals surface area contributed by atoms with Gasteiger partial charge in [0.25, 0.3) is 5.91 Å². The third kappa shape index (κ3) is 4.62. The lowest BCUT2D eigenvalue weighted by Gasteiger charge is -2.13. The van der Waals surface area contributed by atoms with E-state index in [-0.39, 0.29) is 17.3 Å². The van der Waals surface area contributed by atoms with Crippen LogP contribution in [0.3, 0.4) is 0 Å². The predicted octanol–water partition coefficient (Wildman–Crippen LogP) is 5.70. The van der Waals surface area contributed by atoms with Crippen molar-refractivity contribution in [1.82, 2.24) is 14.9 Å². The van der Waals surface area contributed by atoms with Crippen LogP contribution in [0.4, 0.5) is 24.7 Å². The Hall–Kier alpha value is -4.01. The highest BCUT2D eigenvalue weighted by Gasteiger charge is 2.31. The van der Waals surface area contributed by atoms with Gasteiger partial charge in [0, 0.05) is 48.7 Å². The molecule has 2 heterocycles. The number of rotatable bonds is 5. The lowest BCUT2D eigenvalue weighted by atomic mass is 10.1. The summed E-state index contributed by atoms with van der Waals surface area (Å²) in [5.41, 5.74) is 2.35. The summed E-state index contributed by atoms with van der Waals surface area (Å²) < 4.78 is 44.8. The van der Waals surface area contributed by atoms with Crippen LogP contribution in [-0.4, -0.2) is 42.0 Å². The van der Waals surface area contributed by atoms with E-state index < -0.39 is 11.7 Å². The Kier molecular flexibility index (Phi) is 5.71. The first-order valence-corrected chi connectivity index (χ1v) is 9.99. The van der Waals surface area contributed by atoms with E-state index in [0.717, 1.165) is 28.9 Å².